The van der Waals surface area contributed by atoms with Crippen molar-refractivity contribution >= 4 is 5.91 Å². The van der Waals surface area contributed by atoms with Gasteiger partial charge in [-0.15, -0.1) is 0 Å². The number of hydrogen-bond acceptors (Lipinski definition) is 2. The Balaban J connectivity index is 4.70. The Kier molecular flexibility index (Phi) is 3.98. The van der Waals surface area contributed by atoms with Gasteiger partial charge in [-0.25, -0.2) is 0 Å². The molecule has 0 unspecified atom stereocenters. The monoisotopic (exact) mass is 184 g/mol. The predicted octanol–water partition coefficient (Wildman–Crippen LogP) is 1.40. The van der Waals surface area contributed by atoms with Crippen LogP contribution in [0, 0.1) is 5.41 Å². The molecule has 76 valence electrons. The lowest BCUT2D eigenvalue weighted by Crippen LogP contribution is -2.22. The van der Waals surface area contributed by atoms with Crippen molar-refractivity contribution in [1.29, 1.82) is 0 Å². The smallest absolute Gasteiger partial charge is 0.246 e. The summed E-state index contributed by atoms with van der Waals surface area (Å²) in [4.78, 5) is 10.9. The summed E-state index contributed by atoms with van der Waals surface area (Å²) in [6.45, 7) is 8.12. The number of carbonyl (C=O) groups excluding carboxylic acids is 1. The second-order valence-corrected chi connectivity index (χ2v) is 4.46. The maximum Gasteiger partial charge on any atom is 0.246 e. The molecule has 0 aliphatic carbocycles. The highest BCUT2D eigenvalue weighted by Gasteiger charge is 2.15. The molecule has 0 saturated carbocycles. The van der Waals surface area contributed by atoms with Gasteiger partial charge in [0.25, 0.3) is 0 Å². The average Bonchev–Trinajstić information content (AvgIpc) is 1.97. The van der Waals surface area contributed by atoms with Gasteiger partial charge in [-0.1, -0.05) is 20.8 Å². The molecule has 0 bridgehead atoms. The minimum atomic E-state index is -0.353. The molecule has 0 aromatic heterocycles. The summed E-state index contributed by atoms with van der Waals surface area (Å²) in [6.07, 6.45) is 0.832. The van der Waals surface area contributed by atoms with E-state index in [2.05, 4.69) is 26.1 Å². The summed E-state index contributed by atoms with van der Waals surface area (Å²) in [6, 6.07) is 0. The average molecular weight is 184 g/mol. The summed E-state index contributed by atoms with van der Waals surface area (Å²) in [7, 11) is 1.81. The molecule has 3 nitrogen and oxygen atoms in total. The van der Waals surface area contributed by atoms with E-state index in [4.69, 9.17) is 5.73 Å². The van der Waals surface area contributed by atoms with Gasteiger partial charge in [0.1, 0.15) is 0 Å². The number of primary amides is 1. The lowest BCUT2D eigenvalue weighted by atomic mass is 9.89. The van der Waals surface area contributed by atoms with E-state index in [0.29, 0.717) is 5.57 Å². The molecule has 1 amide bonds. The molecule has 0 radical (unpaired) electrons. The van der Waals surface area contributed by atoms with Gasteiger partial charge in [0.05, 0.1) is 0 Å². The van der Waals surface area contributed by atoms with Crippen LogP contribution in [0.3, 0.4) is 0 Å². The highest BCUT2D eigenvalue weighted by molar-refractivity contribution is 5.91. The number of allylic oxidation sites excluding steroid dienone is 1. The van der Waals surface area contributed by atoms with Crippen LogP contribution in [0.4, 0.5) is 0 Å². The molecule has 0 atom stereocenters. The predicted molar refractivity (Wildman–Crippen MR) is 55.0 cm³/mol. The third-order valence-corrected chi connectivity index (χ3v) is 1.83. The van der Waals surface area contributed by atoms with Crippen LogP contribution >= 0.6 is 0 Å². The first kappa shape index (κ1) is 12.0. The minimum absolute atomic E-state index is 0.162. The summed E-state index contributed by atoms with van der Waals surface area (Å²) >= 11 is 0. The van der Waals surface area contributed by atoms with Crippen molar-refractivity contribution in [2.75, 3.05) is 7.05 Å². The van der Waals surface area contributed by atoms with Crippen LogP contribution in [-0.4, -0.2) is 13.0 Å². The Hall–Kier alpha value is -0.990. The van der Waals surface area contributed by atoms with E-state index in [9.17, 15) is 4.79 Å². The van der Waals surface area contributed by atoms with Crippen molar-refractivity contribution in [3.05, 3.63) is 11.3 Å². The highest BCUT2D eigenvalue weighted by atomic mass is 16.1. The number of nitrogens with two attached hydrogens (primary N) is 1. The molecule has 0 fully saturated rings. The second kappa shape index (κ2) is 4.30. The van der Waals surface area contributed by atoms with E-state index < -0.39 is 0 Å². The summed E-state index contributed by atoms with van der Waals surface area (Å²) in [5.41, 5.74) is 6.91. The molecular weight excluding hydrogens is 164 g/mol. The van der Waals surface area contributed by atoms with Crippen LogP contribution in [0.25, 0.3) is 0 Å². The Morgan fingerprint density at radius 3 is 2.08 bits per heavy atom. The fourth-order valence-electron chi connectivity index (χ4n) is 1.09. The zero-order chi connectivity index (χ0) is 10.6. The van der Waals surface area contributed by atoms with Crippen LogP contribution in [0.15, 0.2) is 11.3 Å². The van der Waals surface area contributed by atoms with Gasteiger partial charge in [0, 0.05) is 18.3 Å². The van der Waals surface area contributed by atoms with Crippen LogP contribution in [0.2, 0.25) is 0 Å². The molecule has 0 saturated heterocycles. The van der Waals surface area contributed by atoms with Gasteiger partial charge in [-0.3, -0.25) is 4.79 Å². The summed E-state index contributed by atoms with van der Waals surface area (Å²) in [5, 5.41) is 3.02. The quantitative estimate of drug-likeness (QED) is 0.651. The molecule has 3 heteroatoms. The van der Waals surface area contributed by atoms with E-state index in [-0.39, 0.29) is 11.3 Å². The van der Waals surface area contributed by atoms with Crippen molar-refractivity contribution in [1.82, 2.24) is 5.32 Å². The van der Waals surface area contributed by atoms with Crippen LogP contribution in [-0.2, 0) is 4.79 Å². The molecule has 0 aromatic carbocycles. The Bertz CT molecular complexity index is 224. The zero-order valence-electron chi connectivity index (χ0n) is 9.19. The van der Waals surface area contributed by atoms with Gasteiger partial charge < -0.3 is 11.1 Å². The first-order valence-electron chi connectivity index (χ1n) is 4.45. The molecule has 0 rings (SSSR count). The third kappa shape index (κ3) is 4.55. The van der Waals surface area contributed by atoms with Gasteiger partial charge >= 0.3 is 0 Å². The first-order valence-corrected chi connectivity index (χ1v) is 4.45. The van der Waals surface area contributed by atoms with E-state index in [1.54, 1.807) is 6.92 Å². The molecule has 0 aromatic rings. The Labute approximate surface area is 80.4 Å². The summed E-state index contributed by atoms with van der Waals surface area (Å²) < 4.78 is 0. The van der Waals surface area contributed by atoms with E-state index in [0.717, 1.165) is 12.1 Å². The largest absolute Gasteiger partial charge is 0.391 e. The third-order valence-electron chi connectivity index (χ3n) is 1.83. The second-order valence-electron chi connectivity index (χ2n) is 4.46. The fourth-order valence-corrected chi connectivity index (χ4v) is 1.09. The lowest BCUT2D eigenvalue weighted by molar-refractivity contribution is -0.114. The molecule has 0 aliphatic heterocycles. The molecule has 3 N–H and O–H groups in total. The van der Waals surface area contributed by atoms with Gasteiger partial charge in [0.15, 0.2) is 0 Å². The molecule has 0 heterocycles. The maximum atomic E-state index is 10.9. The van der Waals surface area contributed by atoms with Crippen molar-refractivity contribution in [3.63, 3.8) is 0 Å². The van der Waals surface area contributed by atoms with E-state index in [1.165, 1.54) is 0 Å². The number of rotatable bonds is 3. The number of nitrogens with one attached hydrogen (secondary N) is 1. The SMILES string of the molecule is CN/C(CC(C)(C)C)=C(\C)C(N)=O. The van der Waals surface area contributed by atoms with E-state index in [1.807, 2.05) is 7.05 Å². The number of hydrogen-bond donors (Lipinski definition) is 2. The van der Waals surface area contributed by atoms with Crippen LogP contribution < -0.4 is 11.1 Å². The molecular formula is C10H20N2O. The van der Waals surface area contributed by atoms with Crippen molar-refractivity contribution < 1.29 is 4.79 Å². The highest BCUT2D eigenvalue weighted by Crippen LogP contribution is 2.23. The minimum Gasteiger partial charge on any atom is -0.391 e. The van der Waals surface area contributed by atoms with Gasteiger partial charge in [-0.2, -0.15) is 0 Å². The summed E-state index contributed by atoms with van der Waals surface area (Å²) in [5.74, 6) is -0.353. The van der Waals surface area contributed by atoms with E-state index >= 15 is 0 Å². The number of amides is 1. The van der Waals surface area contributed by atoms with Crippen LogP contribution in [0.5, 0.6) is 0 Å². The molecule has 0 aliphatic rings. The lowest BCUT2D eigenvalue weighted by Gasteiger charge is -2.21. The Morgan fingerprint density at radius 1 is 1.38 bits per heavy atom. The van der Waals surface area contributed by atoms with Crippen molar-refractivity contribution in [3.8, 4) is 0 Å². The first-order chi connectivity index (χ1) is 5.78. The van der Waals surface area contributed by atoms with Crippen molar-refractivity contribution in [2.45, 2.75) is 34.1 Å². The number of carbonyl (C=O) groups is 1. The zero-order valence-corrected chi connectivity index (χ0v) is 9.19. The normalized spacial score (nSPS) is 13.6. The fraction of sp³-hybridized carbons (Fsp3) is 0.700. The van der Waals surface area contributed by atoms with Gasteiger partial charge in [-0.05, 0) is 18.8 Å². The van der Waals surface area contributed by atoms with Gasteiger partial charge in [0.2, 0.25) is 5.91 Å². The molecule has 0 spiro atoms. The maximum absolute atomic E-state index is 10.9. The molecule has 13 heavy (non-hydrogen) atoms. The van der Waals surface area contributed by atoms with Crippen molar-refractivity contribution in [2.24, 2.45) is 11.1 Å². The topological polar surface area (TPSA) is 55.1 Å². The standard InChI is InChI=1S/C10H20N2O/c1-7(9(11)13)8(12-5)6-10(2,3)4/h12H,6H2,1-5H3,(H2,11,13)/b8-7+. The van der Waals surface area contributed by atoms with Crippen LogP contribution in [0.1, 0.15) is 34.1 Å². The Morgan fingerprint density at radius 2 is 1.85 bits per heavy atom.